The number of hydrogen-bond acceptors (Lipinski definition) is 4. The van der Waals surface area contributed by atoms with E-state index in [0.717, 1.165) is 9.87 Å². The van der Waals surface area contributed by atoms with Crippen molar-refractivity contribution in [3.63, 3.8) is 0 Å². The molecule has 0 aromatic heterocycles. The lowest BCUT2D eigenvalue weighted by Crippen LogP contribution is -2.52. The molecule has 0 radical (unpaired) electrons. The number of carbonyl (C=O) groups is 2. The maximum atomic E-state index is 14.0. The number of amides is 2. The van der Waals surface area contributed by atoms with Crippen LogP contribution in [0, 0.1) is 18.7 Å². The number of anilines is 1. The number of sulfonamides is 1. The summed E-state index contributed by atoms with van der Waals surface area (Å²) in [6.45, 7) is 7.47. The number of nitrogens with one attached hydrogen (secondary N) is 1. The van der Waals surface area contributed by atoms with Gasteiger partial charge in [0.2, 0.25) is 11.8 Å². The predicted octanol–water partition coefficient (Wildman–Crippen LogP) is 5.67. The second-order valence-corrected chi connectivity index (χ2v) is 12.8. The van der Waals surface area contributed by atoms with E-state index in [4.69, 9.17) is 0 Å². The average Bonchev–Trinajstić information content (AvgIpc) is 2.91. The standard InChI is InChI=1S/C30H35BrFN3O4S/c1-5-28(30(37)33-18-21(2)3)34(19-23-11-13-25(32)14-12-23)29(36)20-35(26-8-6-7-24(31)17-26)40(38,39)27-15-9-22(4)10-16-27/h6-17,21,28H,5,18-20H2,1-4H3,(H,33,37)/t28-/m0/s1. The maximum Gasteiger partial charge on any atom is 0.264 e. The van der Waals surface area contributed by atoms with Crippen molar-refractivity contribution in [3.05, 3.63) is 94.2 Å². The van der Waals surface area contributed by atoms with E-state index in [0.29, 0.717) is 28.7 Å². The summed E-state index contributed by atoms with van der Waals surface area (Å²) >= 11 is 3.39. The second kappa shape index (κ2) is 13.9. The maximum absolute atomic E-state index is 14.0. The molecule has 0 aliphatic rings. The molecule has 214 valence electrons. The van der Waals surface area contributed by atoms with Crippen LogP contribution < -0.4 is 9.62 Å². The molecule has 7 nitrogen and oxygen atoms in total. The molecule has 0 heterocycles. The van der Waals surface area contributed by atoms with Gasteiger partial charge in [-0.05, 0) is 67.3 Å². The van der Waals surface area contributed by atoms with Crippen LogP contribution >= 0.6 is 15.9 Å². The molecule has 0 unspecified atom stereocenters. The Hall–Kier alpha value is -3.24. The molecule has 0 aliphatic carbocycles. The Morgan fingerprint density at radius 1 is 1.00 bits per heavy atom. The summed E-state index contributed by atoms with van der Waals surface area (Å²) in [5, 5.41) is 2.89. The van der Waals surface area contributed by atoms with Gasteiger partial charge in [0, 0.05) is 17.6 Å². The van der Waals surface area contributed by atoms with Crippen LogP contribution in [0.2, 0.25) is 0 Å². The van der Waals surface area contributed by atoms with Crippen LogP contribution in [0.4, 0.5) is 10.1 Å². The Labute approximate surface area is 244 Å². The molecular weight excluding hydrogens is 597 g/mol. The van der Waals surface area contributed by atoms with Crippen molar-refractivity contribution in [1.29, 1.82) is 0 Å². The molecule has 40 heavy (non-hydrogen) atoms. The van der Waals surface area contributed by atoms with Crippen molar-refractivity contribution < 1.29 is 22.4 Å². The van der Waals surface area contributed by atoms with Gasteiger partial charge in [0.25, 0.3) is 10.0 Å². The molecular formula is C30H35BrFN3O4S. The fourth-order valence-electron chi connectivity index (χ4n) is 4.13. The Morgan fingerprint density at radius 2 is 1.65 bits per heavy atom. The zero-order valence-corrected chi connectivity index (χ0v) is 25.5. The van der Waals surface area contributed by atoms with Crippen molar-refractivity contribution in [2.24, 2.45) is 5.92 Å². The number of carbonyl (C=O) groups excluding carboxylic acids is 2. The van der Waals surface area contributed by atoms with Gasteiger partial charge in [0.1, 0.15) is 18.4 Å². The lowest BCUT2D eigenvalue weighted by molar-refractivity contribution is -0.140. The summed E-state index contributed by atoms with van der Waals surface area (Å²) in [5.74, 6) is -1.11. The Kier molecular flexibility index (Phi) is 10.9. The van der Waals surface area contributed by atoms with Gasteiger partial charge in [0.15, 0.2) is 0 Å². The van der Waals surface area contributed by atoms with E-state index < -0.39 is 34.3 Å². The molecule has 0 saturated heterocycles. The van der Waals surface area contributed by atoms with Crippen LogP contribution in [-0.4, -0.2) is 44.3 Å². The molecule has 1 atom stereocenters. The fourth-order valence-corrected chi connectivity index (χ4v) is 5.92. The molecule has 3 aromatic rings. The third kappa shape index (κ3) is 8.14. The largest absolute Gasteiger partial charge is 0.354 e. The van der Waals surface area contributed by atoms with Crippen molar-refractivity contribution in [2.75, 3.05) is 17.4 Å². The first kappa shape index (κ1) is 31.3. The molecule has 0 fully saturated rings. The minimum absolute atomic E-state index is 0.00359. The molecule has 10 heteroatoms. The van der Waals surface area contributed by atoms with Crippen LogP contribution in [0.25, 0.3) is 0 Å². The summed E-state index contributed by atoms with van der Waals surface area (Å²) in [7, 11) is -4.15. The minimum atomic E-state index is -4.15. The van der Waals surface area contributed by atoms with Crippen molar-refractivity contribution in [2.45, 2.75) is 51.6 Å². The van der Waals surface area contributed by atoms with Crippen LogP contribution in [0.15, 0.2) is 82.2 Å². The molecule has 1 N–H and O–H groups in total. The first-order valence-corrected chi connectivity index (χ1v) is 15.3. The van der Waals surface area contributed by atoms with Crippen LogP contribution in [0.3, 0.4) is 0 Å². The van der Waals surface area contributed by atoms with Crippen molar-refractivity contribution in [1.82, 2.24) is 10.2 Å². The summed E-state index contributed by atoms with van der Waals surface area (Å²) in [6, 6.07) is 17.9. The van der Waals surface area contributed by atoms with Crippen molar-refractivity contribution in [3.8, 4) is 0 Å². The topological polar surface area (TPSA) is 86.8 Å². The lowest BCUT2D eigenvalue weighted by atomic mass is 10.1. The van der Waals surface area contributed by atoms with Crippen molar-refractivity contribution >= 4 is 43.5 Å². The fraction of sp³-hybridized carbons (Fsp3) is 0.333. The van der Waals surface area contributed by atoms with E-state index in [1.807, 2.05) is 20.8 Å². The molecule has 2 amide bonds. The summed E-state index contributed by atoms with van der Waals surface area (Å²) < 4.78 is 43.1. The predicted molar refractivity (Wildman–Crippen MR) is 159 cm³/mol. The summed E-state index contributed by atoms with van der Waals surface area (Å²) in [4.78, 5) is 28.6. The zero-order valence-electron chi connectivity index (χ0n) is 23.1. The van der Waals surface area contributed by atoms with Gasteiger partial charge >= 0.3 is 0 Å². The SMILES string of the molecule is CC[C@@H](C(=O)NCC(C)C)N(Cc1ccc(F)cc1)C(=O)CN(c1cccc(Br)c1)S(=O)(=O)c1ccc(C)cc1. The van der Waals surface area contributed by atoms with Crippen LogP contribution in [0.5, 0.6) is 0 Å². The third-order valence-corrected chi connectivity index (χ3v) is 8.60. The smallest absolute Gasteiger partial charge is 0.264 e. The highest BCUT2D eigenvalue weighted by atomic mass is 79.9. The number of nitrogens with zero attached hydrogens (tertiary/aromatic N) is 2. The highest BCUT2D eigenvalue weighted by Gasteiger charge is 2.33. The Morgan fingerprint density at radius 3 is 2.23 bits per heavy atom. The third-order valence-electron chi connectivity index (χ3n) is 6.32. The van der Waals surface area contributed by atoms with E-state index in [1.54, 1.807) is 55.5 Å². The van der Waals surface area contributed by atoms with E-state index in [9.17, 15) is 22.4 Å². The number of aryl methyl sites for hydroxylation is 1. The van der Waals surface area contributed by atoms with Gasteiger partial charge in [-0.3, -0.25) is 13.9 Å². The quantitative estimate of drug-likeness (QED) is 0.279. The molecule has 0 aliphatic heterocycles. The van der Waals surface area contributed by atoms with Gasteiger partial charge in [-0.25, -0.2) is 12.8 Å². The highest BCUT2D eigenvalue weighted by molar-refractivity contribution is 9.10. The van der Waals surface area contributed by atoms with E-state index in [-0.39, 0.29) is 23.3 Å². The summed E-state index contributed by atoms with van der Waals surface area (Å²) in [5.41, 5.74) is 1.80. The van der Waals surface area contributed by atoms with Gasteiger partial charge in [-0.15, -0.1) is 0 Å². The normalized spacial score (nSPS) is 12.2. The molecule has 0 saturated carbocycles. The Bertz CT molecular complexity index is 1410. The number of hydrogen-bond donors (Lipinski definition) is 1. The number of halogens is 2. The molecule has 0 bridgehead atoms. The zero-order chi connectivity index (χ0) is 29.4. The van der Waals surface area contributed by atoms with E-state index in [1.165, 1.54) is 29.2 Å². The van der Waals surface area contributed by atoms with Gasteiger partial charge in [-0.1, -0.05) is 72.6 Å². The van der Waals surface area contributed by atoms with E-state index in [2.05, 4.69) is 21.2 Å². The minimum Gasteiger partial charge on any atom is -0.354 e. The number of rotatable bonds is 12. The average molecular weight is 633 g/mol. The second-order valence-electron chi connectivity index (χ2n) is 10.0. The molecule has 0 spiro atoms. The molecule has 3 aromatic carbocycles. The van der Waals surface area contributed by atoms with E-state index >= 15 is 0 Å². The first-order valence-electron chi connectivity index (χ1n) is 13.1. The van der Waals surface area contributed by atoms with Gasteiger partial charge in [-0.2, -0.15) is 0 Å². The van der Waals surface area contributed by atoms with Crippen LogP contribution in [0.1, 0.15) is 38.3 Å². The highest BCUT2D eigenvalue weighted by Crippen LogP contribution is 2.27. The first-order chi connectivity index (χ1) is 18.9. The number of benzene rings is 3. The molecule has 3 rings (SSSR count). The van der Waals surface area contributed by atoms with Gasteiger partial charge < -0.3 is 10.2 Å². The Balaban J connectivity index is 2.04. The lowest BCUT2D eigenvalue weighted by Gasteiger charge is -2.33. The monoisotopic (exact) mass is 631 g/mol. The van der Waals surface area contributed by atoms with Crippen LogP contribution in [-0.2, 0) is 26.2 Å². The van der Waals surface area contributed by atoms with Gasteiger partial charge in [0.05, 0.1) is 10.6 Å². The summed E-state index contributed by atoms with van der Waals surface area (Å²) in [6.07, 6.45) is 0.304.